The Morgan fingerprint density at radius 1 is 1.22 bits per heavy atom. The summed E-state index contributed by atoms with van der Waals surface area (Å²) in [5.41, 5.74) is 2.75. The van der Waals surface area contributed by atoms with E-state index in [9.17, 15) is 4.91 Å². The van der Waals surface area contributed by atoms with Crippen molar-refractivity contribution in [1.29, 1.82) is 0 Å². The lowest BCUT2D eigenvalue weighted by molar-refractivity contribution is 1.18. The van der Waals surface area contributed by atoms with Crippen molar-refractivity contribution < 1.29 is 0 Å². The van der Waals surface area contributed by atoms with E-state index in [4.69, 9.17) is 0 Å². The largest absolute Gasteiger partial charge is 0.271 e. The molecule has 0 N–H and O–H groups in total. The van der Waals surface area contributed by atoms with Crippen LogP contribution in [0.1, 0.15) is 10.4 Å². The SMILES string of the molecule is Cc1ccc(-c2nc3sc(C)cn3c2N=O)cc1. The van der Waals surface area contributed by atoms with Gasteiger partial charge in [-0.25, -0.2) is 4.98 Å². The highest BCUT2D eigenvalue weighted by atomic mass is 32.1. The fraction of sp³-hybridized carbons (Fsp3) is 0.154. The molecule has 2 aromatic heterocycles. The van der Waals surface area contributed by atoms with Crippen LogP contribution in [0.5, 0.6) is 0 Å². The van der Waals surface area contributed by atoms with Crippen LogP contribution >= 0.6 is 11.3 Å². The van der Waals surface area contributed by atoms with Gasteiger partial charge < -0.3 is 0 Å². The lowest BCUT2D eigenvalue weighted by Gasteiger charge is -1.98. The summed E-state index contributed by atoms with van der Waals surface area (Å²) in [4.78, 5) is 17.5. The fourth-order valence-electron chi connectivity index (χ4n) is 1.94. The van der Waals surface area contributed by atoms with Crippen molar-refractivity contribution in [1.82, 2.24) is 9.38 Å². The number of benzene rings is 1. The molecule has 0 fully saturated rings. The van der Waals surface area contributed by atoms with E-state index < -0.39 is 0 Å². The van der Waals surface area contributed by atoms with Gasteiger partial charge in [-0.2, -0.15) is 0 Å². The van der Waals surface area contributed by atoms with Gasteiger partial charge in [0.25, 0.3) is 0 Å². The smallest absolute Gasteiger partial charge is 0.210 e. The molecule has 18 heavy (non-hydrogen) atoms. The maximum absolute atomic E-state index is 11.0. The summed E-state index contributed by atoms with van der Waals surface area (Å²) in [6, 6.07) is 7.93. The second kappa shape index (κ2) is 4.03. The molecule has 0 aliphatic heterocycles. The van der Waals surface area contributed by atoms with Crippen LogP contribution in [-0.4, -0.2) is 9.38 Å². The van der Waals surface area contributed by atoms with Gasteiger partial charge >= 0.3 is 0 Å². The zero-order valence-corrected chi connectivity index (χ0v) is 10.9. The molecule has 0 unspecified atom stereocenters. The first kappa shape index (κ1) is 11.1. The zero-order chi connectivity index (χ0) is 12.7. The molecule has 0 atom stereocenters. The van der Waals surface area contributed by atoms with Crippen LogP contribution in [0, 0.1) is 18.8 Å². The summed E-state index contributed by atoms with van der Waals surface area (Å²) in [5.74, 6) is 0.373. The molecule has 0 aliphatic rings. The van der Waals surface area contributed by atoms with Gasteiger partial charge in [0.15, 0.2) is 4.96 Å². The van der Waals surface area contributed by atoms with Crippen LogP contribution in [0.15, 0.2) is 35.6 Å². The third kappa shape index (κ3) is 1.64. The molecule has 4 nitrogen and oxygen atoms in total. The Morgan fingerprint density at radius 3 is 2.61 bits per heavy atom. The van der Waals surface area contributed by atoms with Crippen molar-refractivity contribution >= 4 is 22.1 Å². The van der Waals surface area contributed by atoms with E-state index in [0.717, 1.165) is 15.4 Å². The molecular formula is C13H11N3OS. The number of aromatic nitrogens is 2. The molecule has 5 heteroatoms. The second-order valence-electron chi connectivity index (χ2n) is 4.24. The highest BCUT2D eigenvalue weighted by Gasteiger charge is 2.16. The van der Waals surface area contributed by atoms with Gasteiger partial charge in [0.2, 0.25) is 5.82 Å². The van der Waals surface area contributed by atoms with E-state index in [2.05, 4.69) is 10.2 Å². The molecule has 0 spiro atoms. The van der Waals surface area contributed by atoms with E-state index in [0.29, 0.717) is 11.5 Å². The third-order valence-electron chi connectivity index (χ3n) is 2.83. The Hall–Kier alpha value is -2.01. The topological polar surface area (TPSA) is 46.7 Å². The Morgan fingerprint density at radius 2 is 1.94 bits per heavy atom. The van der Waals surface area contributed by atoms with Gasteiger partial charge in [0.1, 0.15) is 5.69 Å². The fourth-order valence-corrected chi connectivity index (χ4v) is 2.76. The van der Waals surface area contributed by atoms with Crippen LogP contribution in [-0.2, 0) is 0 Å². The summed E-state index contributed by atoms with van der Waals surface area (Å²) in [7, 11) is 0. The second-order valence-corrected chi connectivity index (χ2v) is 5.45. The van der Waals surface area contributed by atoms with Crippen molar-refractivity contribution in [3.63, 3.8) is 0 Å². The van der Waals surface area contributed by atoms with Crippen molar-refractivity contribution in [3.8, 4) is 11.3 Å². The van der Waals surface area contributed by atoms with Crippen molar-refractivity contribution in [2.45, 2.75) is 13.8 Å². The summed E-state index contributed by atoms with van der Waals surface area (Å²) in [5, 5.41) is 3.13. The van der Waals surface area contributed by atoms with E-state index in [1.165, 1.54) is 5.56 Å². The van der Waals surface area contributed by atoms with Gasteiger partial charge in [-0.05, 0) is 19.0 Å². The number of hydrogen-bond acceptors (Lipinski definition) is 4. The van der Waals surface area contributed by atoms with Crippen LogP contribution in [0.4, 0.5) is 5.82 Å². The van der Waals surface area contributed by atoms with Crippen LogP contribution in [0.25, 0.3) is 16.2 Å². The van der Waals surface area contributed by atoms with Gasteiger partial charge in [-0.1, -0.05) is 29.8 Å². The molecule has 0 aliphatic carbocycles. The highest BCUT2D eigenvalue weighted by molar-refractivity contribution is 7.17. The molecule has 1 aromatic carbocycles. The summed E-state index contributed by atoms with van der Waals surface area (Å²) < 4.78 is 1.75. The number of hydrogen-bond donors (Lipinski definition) is 0. The summed E-state index contributed by atoms with van der Waals surface area (Å²) in [6.45, 7) is 4.01. The van der Waals surface area contributed by atoms with E-state index >= 15 is 0 Å². The highest BCUT2D eigenvalue weighted by Crippen LogP contribution is 2.33. The molecule has 90 valence electrons. The number of rotatable bonds is 2. The maximum atomic E-state index is 11.0. The van der Waals surface area contributed by atoms with Crippen LogP contribution in [0.2, 0.25) is 0 Å². The molecule has 3 aromatic rings. The van der Waals surface area contributed by atoms with E-state index in [-0.39, 0.29) is 0 Å². The number of aryl methyl sites for hydroxylation is 2. The summed E-state index contributed by atoms with van der Waals surface area (Å²) in [6.07, 6.45) is 1.89. The third-order valence-corrected chi connectivity index (χ3v) is 3.73. The van der Waals surface area contributed by atoms with E-state index in [1.54, 1.807) is 15.7 Å². The predicted molar refractivity (Wildman–Crippen MR) is 73.4 cm³/mol. The number of nitroso groups, excluding NO2 is 1. The quantitative estimate of drug-likeness (QED) is 0.649. The minimum absolute atomic E-state index is 0.373. The predicted octanol–water partition coefficient (Wildman–Crippen LogP) is 4.08. The molecule has 0 saturated carbocycles. The minimum atomic E-state index is 0.373. The first-order valence-electron chi connectivity index (χ1n) is 5.58. The lowest BCUT2D eigenvalue weighted by atomic mass is 10.1. The van der Waals surface area contributed by atoms with Crippen molar-refractivity contribution in [2.75, 3.05) is 0 Å². The van der Waals surface area contributed by atoms with Crippen LogP contribution < -0.4 is 0 Å². The van der Waals surface area contributed by atoms with Gasteiger partial charge in [0, 0.05) is 16.6 Å². The molecule has 0 saturated heterocycles. The zero-order valence-electron chi connectivity index (χ0n) is 10.0. The molecule has 0 radical (unpaired) electrons. The number of imidazole rings is 1. The number of nitrogens with zero attached hydrogens (tertiary/aromatic N) is 3. The molecule has 2 heterocycles. The molecule has 0 amide bonds. The Kier molecular flexibility index (Phi) is 2.48. The molecule has 0 bridgehead atoms. The van der Waals surface area contributed by atoms with Gasteiger partial charge in [-0.3, -0.25) is 4.40 Å². The Bertz CT molecular complexity index is 725. The van der Waals surface area contributed by atoms with E-state index in [1.807, 2.05) is 44.3 Å². The average Bonchev–Trinajstić information content (AvgIpc) is 2.85. The molecular weight excluding hydrogens is 246 g/mol. The maximum Gasteiger partial charge on any atom is 0.210 e. The molecule has 3 rings (SSSR count). The number of fused-ring (bicyclic) bond motifs is 1. The normalized spacial score (nSPS) is 11.0. The first-order valence-corrected chi connectivity index (χ1v) is 6.39. The Balaban J connectivity index is 2.25. The van der Waals surface area contributed by atoms with Crippen LogP contribution in [0.3, 0.4) is 0 Å². The monoisotopic (exact) mass is 257 g/mol. The van der Waals surface area contributed by atoms with Gasteiger partial charge in [0.05, 0.1) is 0 Å². The average molecular weight is 257 g/mol. The standard InChI is InChI=1S/C13H11N3OS/c1-8-3-5-10(6-4-8)11-12(15-17)16-7-9(2)18-13(16)14-11/h3-7H,1-2H3. The first-order chi connectivity index (χ1) is 8.69. The lowest BCUT2D eigenvalue weighted by Crippen LogP contribution is -1.80. The van der Waals surface area contributed by atoms with Crippen molar-refractivity contribution in [3.05, 3.63) is 45.8 Å². The summed E-state index contributed by atoms with van der Waals surface area (Å²) >= 11 is 1.55. The Labute approximate surface area is 108 Å². The minimum Gasteiger partial charge on any atom is -0.271 e. The number of thiazole rings is 1. The van der Waals surface area contributed by atoms with Crippen molar-refractivity contribution in [2.24, 2.45) is 5.18 Å². The van der Waals surface area contributed by atoms with Gasteiger partial charge in [-0.15, -0.1) is 16.2 Å².